The summed E-state index contributed by atoms with van der Waals surface area (Å²) in [6.45, 7) is 11.6. The molecule has 1 amide bonds. The SMILES string of the molecule is CCC(CC)N(CC(C)C)C(=O)[C@H]1CCCNC1. The molecule has 1 aliphatic heterocycles. The maximum atomic E-state index is 12.7. The normalized spacial score (nSPS) is 20.4. The summed E-state index contributed by atoms with van der Waals surface area (Å²) in [5.74, 6) is 1.13. The lowest BCUT2D eigenvalue weighted by atomic mass is 9.96. The Balaban J connectivity index is 2.70. The number of hydrogen-bond donors (Lipinski definition) is 1. The van der Waals surface area contributed by atoms with E-state index in [1.807, 2.05) is 0 Å². The van der Waals surface area contributed by atoms with Crippen LogP contribution in [0.2, 0.25) is 0 Å². The fraction of sp³-hybridized carbons (Fsp3) is 0.933. The van der Waals surface area contributed by atoms with Crippen molar-refractivity contribution in [1.29, 1.82) is 0 Å². The monoisotopic (exact) mass is 254 g/mol. The Morgan fingerprint density at radius 3 is 2.44 bits per heavy atom. The van der Waals surface area contributed by atoms with Gasteiger partial charge in [0, 0.05) is 19.1 Å². The van der Waals surface area contributed by atoms with Crippen molar-refractivity contribution in [3.8, 4) is 0 Å². The quantitative estimate of drug-likeness (QED) is 0.790. The second-order valence-electron chi connectivity index (χ2n) is 5.90. The molecule has 0 unspecified atom stereocenters. The first-order chi connectivity index (χ1) is 8.60. The molecule has 0 aliphatic carbocycles. The highest BCUT2D eigenvalue weighted by Crippen LogP contribution is 2.19. The smallest absolute Gasteiger partial charge is 0.227 e. The molecule has 0 aromatic heterocycles. The molecule has 0 spiro atoms. The summed E-state index contributed by atoms with van der Waals surface area (Å²) < 4.78 is 0. The van der Waals surface area contributed by atoms with Crippen LogP contribution in [-0.4, -0.2) is 36.5 Å². The summed E-state index contributed by atoms with van der Waals surface area (Å²) in [5, 5.41) is 3.35. The Hall–Kier alpha value is -0.570. The Morgan fingerprint density at radius 1 is 1.33 bits per heavy atom. The first-order valence-corrected chi connectivity index (χ1v) is 7.61. The first-order valence-electron chi connectivity index (χ1n) is 7.61. The summed E-state index contributed by atoms with van der Waals surface area (Å²) in [4.78, 5) is 14.8. The van der Waals surface area contributed by atoms with Crippen LogP contribution in [0.15, 0.2) is 0 Å². The third kappa shape index (κ3) is 4.27. The van der Waals surface area contributed by atoms with E-state index in [2.05, 4.69) is 37.9 Å². The number of piperidine rings is 1. The number of nitrogens with zero attached hydrogens (tertiary/aromatic N) is 1. The highest BCUT2D eigenvalue weighted by molar-refractivity contribution is 5.79. The Morgan fingerprint density at radius 2 is 2.00 bits per heavy atom. The van der Waals surface area contributed by atoms with Crippen molar-refractivity contribution in [3.05, 3.63) is 0 Å². The van der Waals surface area contributed by atoms with E-state index in [1.54, 1.807) is 0 Å². The molecule has 0 aromatic carbocycles. The molecule has 1 N–H and O–H groups in total. The molecule has 1 aliphatic rings. The molecular formula is C15H30N2O. The molecule has 1 heterocycles. The molecule has 0 bridgehead atoms. The van der Waals surface area contributed by atoms with Gasteiger partial charge in [-0.1, -0.05) is 27.7 Å². The van der Waals surface area contributed by atoms with E-state index in [0.29, 0.717) is 17.9 Å². The van der Waals surface area contributed by atoms with E-state index in [9.17, 15) is 4.79 Å². The molecule has 1 saturated heterocycles. The van der Waals surface area contributed by atoms with Crippen LogP contribution in [0, 0.1) is 11.8 Å². The van der Waals surface area contributed by atoms with Crippen molar-refractivity contribution in [2.75, 3.05) is 19.6 Å². The van der Waals surface area contributed by atoms with Crippen LogP contribution in [0.5, 0.6) is 0 Å². The van der Waals surface area contributed by atoms with Gasteiger partial charge in [-0.15, -0.1) is 0 Å². The average molecular weight is 254 g/mol. The van der Waals surface area contributed by atoms with Gasteiger partial charge in [-0.2, -0.15) is 0 Å². The maximum Gasteiger partial charge on any atom is 0.227 e. The molecule has 1 fully saturated rings. The zero-order chi connectivity index (χ0) is 13.5. The Bertz CT molecular complexity index is 243. The molecule has 0 saturated carbocycles. The molecule has 3 nitrogen and oxygen atoms in total. The van der Waals surface area contributed by atoms with Gasteiger partial charge in [-0.05, 0) is 38.1 Å². The number of hydrogen-bond acceptors (Lipinski definition) is 2. The minimum absolute atomic E-state index is 0.207. The summed E-state index contributed by atoms with van der Waals surface area (Å²) in [6.07, 6.45) is 4.32. The van der Waals surface area contributed by atoms with E-state index in [4.69, 9.17) is 0 Å². The number of nitrogens with one attached hydrogen (secondary N) is 1. The second-order valence-corrected chi connectivity index (χ2v) is 5.90. The summed E-state index contributed by atoms with van der Waals surface area (Å²) in [7, 11) is 0. The maximum absolute atomic E-state index is 12.7. The average Bonchev–Trinajstić information content (AvgIpc) is 2.38. The van der Waals surface area contributed by atoms with Gasteiger partial charge in [0.15, 0.2) is 0 Å². The fourth-order valence-electron chi connectivity index (χ4n) is 2.84. The van der Waals surface area contributed by atoms with Crippen LogP contribution in [0.4, 0.5) is 0 Å². The first kappa shape index (κ1) is 15.5. The zero-order valence-electron chi connectivity index (χ0n) is 12.5. The lowest BCUT2D eigenvalue weighted by molar-refractivity contribution is -0.139. The number of carbonyl (C=O) groups is 1. The molecule has 1 atom stereocenters. The molecule has 18 heavy (non-hydrogen) atoms. The largest absolute Gasteiger partial charge is 0.339 e. The van der Waals surface area contributed by atoms with Crippen LogP contribution in [0.25, 0.3) is 0 Å². The van der Waals surface area contributed by atoms with E-state index < -0.39 is 0 Å². The van der Waals surface area contributed by atoms with Crippen molar-refractivity contribution >= 4 is 5.91 Å². The van der Waals surface area contributed by atoms with Gasteiger partial charge >= 0.3 is 0 Å². The standard InChI is InChI=1S/C15H30N2O/c1-5-14(6-2)17(11-12(3)4)15(18)13-8-7-9-16-10-13/h12-14,16H,5-11H2,1-4H3/t13-/m0/s1. The zero-order valence-corrected chi connectivity index (χ0v) is 12.5. The Labute approximate surface area is 112 Å². The summed E-state index contributed by atoms with van der Waals surface area (Å²) >= 11 is 0. The highest BCUT2D eigenvalue weighted by Gasteiger charge is 2.29. The predicted octanol–water partition coefficient (Wildman–Crippen LogP) is 2.66. The van der Waals surface area contributed by atoms with Crippen molar-refractivity contribution in [1.82, 2.24) is 10.2 Å². The fourth-order valence-corrected chi connectivity index (χ4v) is 2.84. The van der Waals surface area contributed by atoms with Crippen molar-refractivity contribution < 1.29 is 4.79 Å². The van der Waals surface area contributed by atoms with Gasteiger partial charge in [0.05, 0.1) is 5.92 Å². The topological polar surface area (TPSA) is 32.3 Å². The summed E-state index contributed by atoms with van der Waals surface area (Å²) in [5.41, 5.74) is 0. The minimum Gasteiger partial charge on any atom is -0.339 e. The third-order valence-corrected chi connectivity index (χ3v) is 3.87. The number of rotatable bonds is 6. The summed E-state index contributed by atoms with van der Waals surface area (Å²) in [6, 6.07) is 0.418. The molecular weight excluding hydrogens is 224 g/mol. The van der Waals surface area contributed by atoms with Crippen LogP contribution < -0.4 is 5.32 Å². The third-order valence-electron chi connectivity index (χ3n) is 3.87. The van der Waals surface area contributed by atoms with Gasteiger partial charge in [0.25, 0.3) is 0 Å². The van der Waals surface area contributed by atoms with Gasteiger partial charge in [-0.3, -0.25) is 4.79 Å². The van der Waals surface area contributed by atoms with E-state index >= 15 is 0 Å². The van der Waals surface area contributed by atoms with Crippen LogP contribution in [0.3, 0.4) is 0 Å². The van der Waals surface area contributed by atoms with Gasteiger partial charge in [0.1, 0.15) is 0 Å². The predicted molar refractivity (Wildman–Crippen MR) is 76.5 cm³/mol. The van der Waals surface area contributed by atoms with Gasteiger partial charge in [0.2, 0.25) is 5.91 Å². The van der Waals surface area contributed by atoms with Crippen LogP contribution >= 0.6 is 0 Å². The highest BCUT2D eigenvalue weighted by atomic mass is 16.2. The lowest BCUT2D eigenvalue weighted by Crippen LogP contribution is -2.48. The van der Waals surface area contributed by atoms with E-state index in [-0.39, 0.29) is 5.92 Å². The molecule has 1 rings (SSSR count). The molecule has 106 valence electrons. The van der Waals surface area contributed by atoms with Crippen molar-refractivity contribution in [2.24, 2.45) is 11.8 Å². The number of carbonyl (C=O) groups excluding carboxylic acids is 1. The van der Waals surface area contributed by atoms with Crippen molar-refractivity contribution in [3.63, 3.8) is 0 Å². The van der Waals surface area contributed by atoms with Crippen molar-refractivity contribution in [2.45, 2.75) is 59.4 Å². The molecule has 3 heteroatoms. The second kappa shape index (κ2) is 7.78. The number of amides is 1. The van der Waals surface area contributed by atoms with Crippen LogP contribution in [0.1, 0.15) is 53.4 Å². The van der Waals surface area contributed by atoms with Crippen LogP contribution in [-0.2, 0) is 4.79 Å². The Kier molecular flexibility index (Phi) is 6.69. The lowest BCUT2D eigenvalue weighted by Gasteiger charge is -2.36. The molecule has 0 aromatic rings. The van der Waals surface area contributed by atoms with Gasteiger partial charge < -0.3 is 10.2 Å². The van der Waals surface area contributed by atoms with Gasteiger partial charge in [-0.25, -0.2) is 0 Å². The minimum atomic E-state index is 0.207. The van der Waals surface area contributed by atoms with E-state index in [1.165, 1.54) is 0 Å². The van der Waals surface area contributed by atoms with E-state index in [0.717, 1.165) is 45.3 Å². The molecule has 0 radical (unpaired) electrons.